The molecule has 1 amide bonds. The van der Waals surface area contributed by atoms with E-state index in [1.54, 1.807) is 18.3 Å². The first-order chi connectivity index (χ1) is 8.72. The molecule has 1 aliphatic rings. The molecule has 0 bridgehead atoms. The van der Waals surface area contributed by atoms with Crippen molar-refractivity contribution in [1.29, 1.82) is 0 Å². The van der Waals surface area contributed by atoms with Crippen LogP contribution in [0.15, 0.2) is 22.0 Å². The fourth-order valence-corrected chi connectivity index (χ4v) is 2.88. The first-order valence-electron chi connectivity index (χ1n) is 5.83. The average molecular weight is 263 g/mol. The van der Waals surface area contributed by atoms with E-state index in [9.17, 15) is 4.79 Å². The number of aryl methyl sites for hydroxylation is 1. The molecule has 1 fully saturated rings. The molecule has 1 unspecified atom stereocenters. The second-order valence-corrected chi connectivity index (χ2v) is 5.47. The predicted molar refractivity (Wildman–Crippen MR) is 66.1 cm³/mol. The van der Waals surface area contributed by atoms with Gasteiger partial charge in [0.05, 0.1) is 12.5 Å². The molecule has 2 aromatic heterocycles. The van der Waals surface area contributed by atoms with Crippen molar-refractivity contribution < 1.29 is 9.32 Å². The summed E-state index contributed by atoms with van der Waals surface area (Å²) in [6.45, 7) is 3.13. The van der Waals surface area contributed by atoms with Crippen LogP contribution >= 0.6 is 11.3 Å². The molecule has 0 radical (unpaired) electrons. The highest BCUT2D eigenvalue weighted by molar-refractivity contribution is 7.09. The van der Waals surface area contributed by atoms with Crippen LogP contribution in [0.25, 0.3) is 0 Å². The van der Waals surface area contributed by atoms with Crippen LogP contribution in [-0.2, 0) is 11.3 Å². The lowest BCUT2D eigenvalue weighted by molar-refractivity contribution is -0.128. The Morgan fingerprint density at radius 3 is 3.17 bits per heavy atom. The first kappa shape index (κ1) is 11.4. The number of nitrogens with zero attached hydrogens (tertiary/aromatic N) is 3. The summed E-state index contributed by atoms with van der Waals surface area (Å²) >= 11 is 1.67. The molecule has 18 heavy (non-hydrogen) atoms. The Kier molecular flexibility index (Phi) is 2.87. The van der Waals surface area contributed by atoms with Gasteiger partial charge in [0.15, 0.2) is 5.82 Å². The van der Waals surface area contributed by atoms with E-state index < -0.39 is 0 Å². The maximum Gasteiger partial charge on any atom is 0.232 e. The molecule has 0 saturated carbocycles. The van der Waals surface area contributed by atoms with Gasteiger partial charge < -0.3 is 9.42 Å². The molecule has 0 N–H and O–H groups in total. The van der Waals surface area contributed by atoms with E-state index in [2.05, 4.69) is 10.1 Å². The third kappa shape index (κ3) is 2.15. The molecule has 1 atom stereocenters. The number of carbonyl (C=O) groups is 1. The third-order valence-corrected chi connectivity index (χ3v) is 3.89. The first-order valence-corrected chi connectivity index (χ1v) is 6.70. The Morgan fingerprint density at radius 1 is 1.61 bits per heavy atom. The minimum atomic E-state index is 0.0404. The van der Waals surface area contributed by atoms with Crippen LogP contribution in [0, 0.1) is 6.92 Å². The minimum absolute atomic E-state index is 0.0404. The zero-order valence-corrected chi connectivity index (χ0v) is 10.8. The Morgan fingerprint density at radius 2 is 2.50 bits per heavy atom. The molecule has 1 saturated heterocycles. The van der Waals surface area contributed by atoms with E-state index in [1.807, 2.05) is 22.4 Å². The Hall–Kier alpha value is -1.69. The van der Waals surface area contributed by atoms with E-state index >= 15 is 0 Å². The van der Waals surface area contributed by atoms with E-state index in [4.69, 9.17) is 4.52 Å². The lowest BCUT2D eigenvalue weighted by atomic mass is 10.1. The lowest BCUT2D eigenvalue weighted by Crippen LogP contribution is -2.23. The van der Waals surface area contributed by atoms with E-state index in [1.165, 1.54) is 4.88 Å². The van der Waals surface area contributed by atoms with Gasteiger partial charge in [-0.3, -0.25) is 4.79 Å². The molecule has 5 nitrogen and oxygen atoms in total. The number of amides is 1. The number of hydrogen-bond donors (Lipinski definition) is 0. The van der Waals surface area contributed by atoms with Crippen LogP contribution in [-0.4, -0.2) is 27.5 Å². The molecular weight excluding hydrogens is 250 g/mol. The number of thiophene rings is 1. The van der Waals surface area contributed by atoms with Gasteiger partial charge in [0.25, 0.3) is 0 Å². The second-order valence-electron chi connectivity index (χ2n) is 4.43. The quantitative estimate of drug-likeness (QED) is 0.849. The molecular formula is C12H13N3O2S. The van der Waals surface area contributed by atoms with E-state index in [-0.39, 0.29) is 11.8 Å². The Balaban J connectivity index is 1.70. The zero-order chi connectivity index (χ0) is 12.5. The van der Waals surface area contributed by atoms with Crippen LogP contribution in [0.4, 0.5) is 0 Å². The van der Waals surface area contributed by atoms with Gasteiger partial charge in [-0.2, -0.15) is 4.98 Å². The van der Waals surface area contributed by atoms with Crippen molar-refractivity contribution in [3.8, 4) is 0 Å². The minimum Gasteiger partial charge on any atom is -0.339 e. The standard InChI is InChI=1S/C12H13N3O2S/c1-8-13-12(17-14-8)9-5-11(16)15(6-9)7-10-3-2-4-18-10/h2-4,9H,5-7H2,1H3. The zero-order valence-electron chi connectivity index (χ0n) is 10.00. The van der Waals surface area contributed by atoms with Crippen LogP contribution in [0.3, 0.4) is 0 Å². The summed E-state index contributed by atoms with van der Waals surface area (Å²) in [5.74, 6) is 1.40. The summed E-state index contributed by atoms with van der Waals surface area (Å²) in [5, 5.41) is 5.80. The molecule has 94 valence electrons. The largest absolute Gasteiger partial charge is 0.339 e. The highest BCUT2D eigenvalue weighted by Gasteiger charge is 2.34. The van der Waals surface area contributed by atoms with Crippen LogP contribution in [0.1, 0.15) is 28.9 Å². The van der Waals surface area contributed by atoms with Crippen molar-refractivity contribution >= 4 is 17.2 Å². The summed E-state index contributed by atoms with van der Waals surface area (Å²) in [6.07, 6.45) is 0.465. The number of rotatable bonds is 3. The number of likely N-dealkylation sites (tertiary alicyclic amines) is 1. The fourth-order valence-electron chi connectivity index (χ4n) is 2.16. The van der Waals surface area contributed by atoms with Crippen molar-refractivity contribution in [3.63, 3.8) is 0 Å². The number of hydrogen-bond acceptors (Lipinski definition) is 5. The SMILES string of the molecule is Cc1noc(C2CC(=O)N(Cc3cccs3)C2)n1. The monoisotopic (exact) mass is 263 g/mol. The molecule has 0 spiro atoms. The topological polar surface area (TPSA) is 59.2 Å². The lowest BCUT2D eigenvalue weighted by Gasteiger charge is -2.14. The molecule has 6 heteroatoms. The summed E-state index contributed by atoms with van der Waals surface area (Å²) in [5.41, 5.74) is 0. The van der Waals surface area contributed by atoms with Gasteiger partial charge in [0, 0.05) is 17.8 Å². The second kappa shape index (κ2) is 4.53. The van der Waals surface area contributed by atoms with Crippen molar-refractivity contribution in [2.45, 2.75) is 25.8 Å². The molecule has 0 aromatic carbocycles. The van der Waals surface area contributed by atoms with Crippen LogP contribution in [0.5, 0.6) is 0 Å². The van der Waals surface area contributed by atoms with Crippen LogP contribution in [0.2, 0.25) is 0 Å². The van der Waals surface area contributed by atoms with Gasteiger partial charge in [-0.05, 0) is 18.4 Å². The average Bonchev–Trinajstić information content (AvgIpc) is 3.03. The van der Waals surface area contributed by atoms with Crippen molar-refractivity contribution in [2.24, 2.45) is 0 Å². The molecule has 3 heterocycles. The van der Waals surface area contributed by atoms with Gasteiger partial charge in [-0.1, -0.05) is 11.2 Å². The molecule has 3 rings (SSSR count). The molecule has 1 aliphatic heterocycles. The van der Waals surface area contributed by atoms with Crippen molar-refractivity contribution in [3.05, 3.63) is 34.1 Å². The summed E-state index contributed by atoms with van der Waals surface area (Å²) in [6, 6.07) is 4.04. The van der Waals surface area contributed by atoms with Gasteiger partial charge >= 0.3 is 0 Å². The fraction of sp³-hybridized carbons (Fsp3) is 0.417. The van der Waals surface area contributed by atoms with Gasteiger partial charge in [-0.25, -0.2) is 0 Å². The Bertz CT molecular complexity index is 549. The molecule has 2 aromatic rings. The van der Waals surface area contributed by atoms with Crippen molar-refractivity contribution in [2.75, 3.05) is 6.54 Å². The van der Waals surface area contributed by atoms with Crippen molar-refractivity contribution in [1.82, 2.24) is 15.0 Å². The summed E-state index contributed by atoms with van der Waals surface area (Å²) in [4.78, 5) is 19.2. The van der Waals surface area contributed by atoms with Crippen LogP contribution < -0.4 is 0 Å². The summed E-state index contributed by atoms with van der Waals surface area (Å²) < 4.78 is 5.14. The van der Waals surface area contributed by atoms with Gasteiger partial charge in [0.1, 0.15) is 0 Å². The number of carbonyl (C=O) groups excluding carboxylic acids is 1. The maximum atomic E-state index is 11.9. The van der Waals surface area contributed by atoms with Gasteiger partial charge in [0.2, 0.25) is 11.8 Å². The Labute approximate surface area is 108 Å². The van der Waals surface area contributed by atoms with E-state index in [0.29, 0.717) is 31.2 Å². The smallest absolute Gasteiger partial charge is 0.232 e. The third-order valence-electron chi connectivity index (χ3n) is 3.03. The highest BCUT2D eigenvalue weighted by Crippen LogP contribution is 2.28. The maximum absolute atomic E-state index is 11.9. The highest BCUT2D eigenvalue weighted by atomic mass is 32.1. The molecule has 0 aliphatic carbocycles. The predicted octanol–water partition coefficient (Wildman–Crippen LogP) is 1.96. The van der Waals surface area contributed by atoms with Gasteiger partial charge in [-0.15, -0.1) is 11.3 Å². The van der Waals surface area contributed by atoms with E-state index in [0.717, 1.165) is 0 Å². The normalized spacial score (nSPS) is 19.7. The summed E-state index contributed by atoms with van der Waals surface area (Å²) in [7, 11) is 0. The number of aromatic nitrogens is 2.